The van der Waals surface area contributed by atoms with E-state index >= 15 is 0 Å². The Kier molecular flexibility index (Phi) is 13.8. The minimum absolute atomic E-state index is 0.0189. The Morgan fingerprint density at radius 2 is 1.55 bits per heavy atom. The predicted molar refractivity (Wildman–Crippen MR) is 219 cm³/mol. The van der Waals surface area contributed by atoms with E-state index in [0.29, 0.717) is 43.9 Å². The van der Waals surface area contributed by atoms with Crippen LogP contribution in [-0.2, 0) is 38.0 Å². The molecular weight excluding hydrogens is 773 g/mol. The summed E-state index contributed by atoms with van der Waals surface area (Å²) in [5.74, 6) is -0.680. The van der Waals surface area contributed by atoms with Crippen LogP contribution in [0.2, 0.25) is 0 Å². The zero-order valence-corrected chi connectivity index (χ0v) is 36.5. The Bertz CT molecular complexity index is 1690. The minimum atomic E-state index is -1.62. The summed E-state index contributed by atoms with van der Waals surface area (Å²) in [6, 6.07) is 9.34. The molecule has 5 fully saturated rings. The first-order chi connectivity index (χ1) is 28.4. The molecule has 0 spiro atoms. The summed E-state index contributed by atoms with van der Waals surface area (Å²) in [7, 11) is 0. The predicted octanol–water partition coefficient (Wildman–Crippen LogP) is 4.94. The zero-order valence-electron chi connectivity index (χ0n) is 36.5. The molecule has 13 nitrogen and oxygen atoms in total. The third-order valence-corrected chi connectivity index (χ3v) is 15.8. The summed E-state index contributed by atoms with van der Waals surface area (Å²) in [5, 5.41) is 57.3. The first-order valence-electron chi connectivity index (χ1n) is 22.5. The maximum Gasteiger partial charge on any atom is 0.303 e. The van der Waals surface area contributed by atoms with Gasteiger partial charge in [-0.2, -0.15) is 0 Å². The molecule has 2 saturated heterocycles. The third kappa shape index (κ3) is 8.42. The highest BCUT2D eigenvalue weighted by Gasteiger charge is 2.70. The van der Waals surface area contributed by atoms with E-state index < -0.39 is 84.3 Å². The molecule has 2 aliphatic heterocycles. The van der Waals surface area contributed by atoms with Crippen LogP contribution in [0.1, 0.15) is 118 Å². The summed E-state index contributed by atoms with van der Waals surface area (Å²) in [6.07, 6.45) is -3.83. The highest BCUT2D eigenvalue weighted by atomic mass is 16.7. The molecule has 5 N–H and O–H groups in total. The van der Waals surface area contributed by atoms with E-state index in [2.05, 4.69) is 33.8 Å². The summed E-state index contributed by atoms with van der Waals surface area (Å²) in [5.41, 5.74) is -0.243. The van der Waals surface area contributed by atoms with Crippen molar-refractivity contribution in [3.63, 3.8) is 0 Å². The van der Waals surface area contributed by atoms with Crippen molar-refractivity contribution in [3.8, 4) is 0 Å². The van der Waals surface area contributed by atoms with Gasteiger partial charge in [-0.3, -0.25) is 9.59 Å². The molecule has 7 rings (SSSR count). The fraction of sp³-hybridized carbons (Fsp3) is 0.787. The molecule has 6 aliphatic rings. The molecule has 0 bridgehead atoms. The highest BCUT2D eigenvalue weighted by Crippen LogP contribution is 2.69. The second-order valence-corrected chi connectivity index (χ2v) is 19.8. The number of aliphatic hydroxyl groups is 5. The van der Waals surface area contributed by atoms with E-state index in [1.165, 1.54) is 12.5 Å². The minimum Gasteiger partial charge on any atom is -0.454 e. The Morgan fingerprint density at radius 3 is 2.23 bits per heavy atom. The van der Waals surface area contributed by atoms with E-state index in [4.69, 9.17) is 28.4 Å². The number of allylic oxidation sites excluding steroid dienone is 1. The van der Waals surface area contributed by atoms with Crippen LogP contribution in [0.15, 0.2) is 42.0 Å². The van der Waals surface area contributed by atoms with Crippen molar-refractivity contribution in [2.24, 2.45) is 40.4 Å². The normalized spacial score (nSPS) is 43.9. The molecule has 4 aliphatic carbocycles. The largest absolute Gasteiger partial charge is 0.454 e. The van der Waals surface area contributed by atoms with Crippen LogP contribution in [0.4, 0.5) is 0 Å². The number of aliphatic hydroxyl groups excluding tert-OH is 4. The molecule has 12 unspecified atom stereocenters. The van der Waals surface area contributed by atoms with Gasteiger partial charge in [-0.25, -0.2) is 0 Å². The molecule has 18 atom stereocenters. The first-order valence-corrected chi connectivity index (χ1v) is 22.5. The number of ether oxygens (including phenoxy) is 6. The summed E-state index contributed by atoms with van der Waals surface area (Å²) in [4.78, 5) is 27.0. The number of carbonyl (C=O) groups excluding carboxylic acids is 2. The van der Waals surface area contributed by atoms with Gasteiger partial charge in [0.15, 0.2) is 18.7 Å². The monoisotopic (exact) mass is 842 g/mol. The van der Waals surface area contributed by atoms with Crippen LogP contribution in [0, 0.1) is 40.4 Å². The number of ketones is 1. The van der Waals surface area contributed by atoms with Crippen LogP contribution in [0.5, 0.6) is 0 Å². The van der Waals surface area contributed by atoms with Crippen molar-refractivity contribution in [3.05, 3.63) is 47.5 Å². The van der Waals surface area contributed by atoms with Crippen LogP contribution in [-0.4, -0.2) is 118 Å². The third-order valence-electron chi connectivity index (χ3n) is 15.8. The molecule has 3 saturated carbocycles. The lowest BCUT2D eigenvalue weighted by Crippen LogP contribution is -2.64. The summed E-state index contributed by atoms with van der Waals surface area (Å²) in [6.45, 7) is 12.9. The average molecular weight is 843 g/mol. The van der Waals surface area contributed by atoms with E-state index in [0.717, 1.165) is 31.2 Å². The topological polar surface area (TPSA) is 191 Å². The van der Waals surface area contributed by atoms with Gasteiger partial charge in [-0.15, -0.1) is 0 Å². The van der Waals surface area contributed by atoms with Gasteiger partial charge < -0.3 is 54.0 Å². The molecule has 0 aromatic heterocycles. The summed E-state index contributed by atoms with van der Waals surface area (Å²) < 4.78 is 37.5. The maximum absolute atomic E-state index is 14.2. The SMILES string of the molecule is CC(=O)OC1C(O[C@H]2CC3C4CC=C5C[C@@H](O)CC[C@]5(C)C4CC[C@]3(C)[C@@]2(O)[C@H](C)C(=O)CCC(C)C)OCC(O)C1OC1OCC(O)C(O)C1OC(C)c1ccccc1. The number of fused-ring (bicyclic) bond motifs is 5. The molecule has 13 heteroatoms. The van der Waals surface area contributed by atoms with Gasteiger partial charge in [0.1, 0.15) is 41.9 Å². The Labute approximate surface area is 355 Å². The molecule has 1 aromatic rings. The molecule has 0 amide bonds. The van der Waals surface area contributed by atoms with Crippen LogP contribution >= 0.6 is 0 Å². The Hall–Kier alpha value is -2.30. The van der Waals surface area contributed by atoms with Crippen molar-refractivity contribution in [1.29, 1.82) is 0 Å². The standard InChI is InChI=1S/C47H70O13/c1-25(2)13-16-35(50)26(3)47(54)38(22-34-32-15-14-30-21-31(49)17-19-45(30,6)33(32)18-20-46(34,47)7)59-44-42(58-28(5)48)40(37(52)24-56-44)60-43-41(39(53)36(51)23-55-43)57-27(4)29-11-9-8-10-12-29/h8-12,14,25-27,31-34,36-44,49,51-54H,13,15-24H2,1-7H3/t26-,27?,31+,32?,33?,34?,36?,37?,38+,39?,40?,41?,42?,43?,44?,45+,46+,47-/m1/s1. The lowest BCUT2D eigenvalue weighted by Gasteiger charge is -2.59. The van der Waals surface area contributed by atoms with Gasteiger partial charge >= 0.3 is 5.97 Å². The van der Waals surface area contributed by atoms with Crippen LogP contribution in [0.3, 0.4) is 0 Å². The highest BCUT2D eigenvalue weighted by molar-refractivity contribution is 5.82. The first kappa shape index (κ1) is 45.7. The Balaban J connectivity index is 1.19. The smallest absolute Gasteiger partial charge is 0.303 e. The van der Waals surface area contributed by atoms with Gasteiger partial charge in [0.2, 0.25) is 0 Å². The van der Waals surface area contributed by atoms with Crippen molar-refractivity contribution >= 4 is 11.8 Å². The molecule has 2 heterocycles. The summed E-state index contributed by atoms with van der Waals surface area (Å²) >= 11 is 0. The number of rotatable bonds is 13. The number of benzene rings is 1. The molecule has 336 valence electrons. The second-order valence-electron chi connectivity index (χ2n) is 19.8. The zero-order chi connectivity index (χ0) is 43.3. The van der Waals surface area contributed by atoms with Gasteiger partial charge in [0.05, 0.1) is 31.5 Å². The lowest BCUT2D eigenvalue weighted by molar-refractivity contribution is -0.351. The van der Waals surface area contributed by atoms with Gasteiger partial charge in [-0.05, 0) is 92.9 Å². The number of Topliss-reactive ketones (excluding diaryl/α,β-unsaturated/α-hetero) is 1. The quantitative estimate of drug-likeness (QED) is 0.133. The van der Waals surface area contributed by atoms with Crippen molar-refractivity contribution in [1.82, 2.24) is 0 Å². The lowest BCUT2D eigenvalue weighted by atomic mass is 9.46. The van der Waals surface area contributed by atoms with Gasteiger partial charge in [0.25, 0.3) is 0 Å². The molecule has 60 heavy (non-hydrogen) atoms. The van der Waals surface area contributed by atoms with Crippen molar-refractivity contribution < 1.29 is 63.5 Å². The van der Waals surface area contributed by atoms with Crippen LogP contribution in [0.25, 0.3) is 0 Å². The Morgan fingerprint density at radius 1 is 0.867 bits per heavy atom. The van der Waals surface area contributed by atoms with Gasteiger partial charge in [0, 0.05) is 24.7 Å². The number of hydrogen-bond acceptors (Lipinski definition) is 13. The van der Waals surface area contributed by atoms with E-state index in [1.54, 1.807) is 6.92 Å². The number of hydrogen-bond donors (Lipinski definition) is 5. The van der Waals surface area contributed by atoms with Crippen molar-refractivity contribution in [2.45, 2.75) is 179 Å². The van der Waals surface area contributed by atoms with Gasteiger partial charge in [-0.1, -0.05) is 76.6 Å². The fourth-order valence-corrected chi connectivity index (χ4v) is 12.2. The molecule has 0 radical (unpaired) electrons. The number of esters is 1. The van der Waals surface area contributed by atoms with E-state index in [9.17, 15) is 35.1 Å². The van der Waals surface area contributed by atoms with Crippen LogP contribution < -0.4 is 0 Å². The van der Waals surface area contributed by atoms with E-state index in [1.807, 2.05) is 37.3 Å². The molecule has 1 aromatic carbocycles. The maximum atomic E-state index is 14.2. The fourth-order valence-electron chi connectivity index (χ4n) is 12.2. The molecular formula is C47H70O13. The average Bonchev–Trinajstić information content (AvgIpc) is 3.44. The van der Waals surface area contributed by atoms with Crippen molar-refractivity contribution in [2.75, 3.05) is 13.2 Å². The second kappa shape index (κ2) is 18.1. The van der Waals surface area contributed by atoms with E-state index in [-0.39, 0.29) is 42.4 Å². The number of carbonyl (C=O) groups is 2.